The van der Waals surface area contributed by atoms with Crippen LogP contribution in [0.1, 0.15) is 33.5 Å². The van der Waals surface area contributed by atoms with E-state index in [1.807, 2.05) is 0 Å². The third-order valence-electron chi connectivity index (χ3n) is 8.59. The molecule has 0 aromatic heterocycles. The lowest BCUT2D eigenvalue weighted by Crippen LogP contribution is -2.57. The minimum Gasteiger partial charge on any atom is -0.494 e. The highest BCUT2D eigenvalue weighted by molar-refractivity contribution is 5.95. The molecule has 2 aliphatic rings. The second-order valence-corrected chi connectivity index (χ2v) is 12.1. The van der Waals surface area contributed by atoms with Crippen LogP contribution in [-0.4, -0.2) is 107 Å². The topological polar surface area (TPSA) is 54.5 Å². The van der Waals surface area contributed by atoms with Gasteiger partial charge in [0.2, 0.25) is 0 Å². The maximum atomic E-state index is 14.1. The van der Waals surface area contributed by atoms with E-state index in [-0.39, 0.29) is 49.6 Å². The fourth-order valence-electron chi connectivity index (χ4n) is 6.52. The summed E-state index contributed by atoms with van der Waals surface area (Å²) in [7, 11) is 4.65. The molecule has 2 heterocycles. The number of amides is 1. The molecule has 0 spiro atoms. The molecule has 0 N–H and O–H groups in total. The number of piperazine rings is 1. The van der Waals surface area contributed by atoms with Gasteiger partial charge in [-0.05, 0) is 60.6 Å². The lowest BCUT2D eigenvalue weighted by molar-refractivity contribution is -0.143. The number of hydrogen-bond acceptors (Lipinski definition) is 6. The van der Waals surface area contributed by atoms with Crippen molar-refractivity contribution >= 4 is 30.7 Å². The van der Waals surface area contributed by atoms with E-state index in [0.29, 0.717) is 68.9 Å². The van der Waals surface area contributed by atoms with Crippen LogP contribution in [0.3, 0.4) is 0 Å². The fourth-order valence-corrected chi connectivity index (χ4v) is 6.52. The Morgan fingerprint density at radius 1 is 0.792 bits per heavy atom. The second-order valence-electron chi connectivity index (χ2n) is 12.1. The number of ether oxygens (including phenoxy) is 3. The average Bonchev–Trinajstić information content (AvgIpc) is 3.00. The summed E-state index contributed by atoms with van der Waals surface area (Å²) in [5.41, 5.74) is -3.20. The van der Waals surface area contributed by atoms with Gasteiger partial charge < -0.3 is 24.0 Å². The molecule has 7 nitrogen and oxygen atoms in total. The molecule has 48 heavy (non-hydrogen) atoms. The van der Waals surface area contributed by atoms with Gasteiger partial charge >= 0.3 is 12.4 Å². The highest BCUT2D eigenvalue weighted by Gasteiger charge is 2.39. The normalized spacial score (nSPS) is 21.0. The molecule has 272 valence electrons. The van der Waals surface area contributed by atoms with E-state index in [0.717, 1.165) is 19.5 Å². The molecule has 2 aliphatic heterocycles. The minimum atomic E-state index is -5.09. The second kappa shape index (κ2) is 18.0. The van der Waals surface area contributed by atoms with Crippen molar-refractivity contribution in [2.75, 3.05) is 80.4 Å². The molecule has 1 amide bonds. The molecule has 0 bridgehead atoms. The molecular weight excluding hydrogens is 694 g/mol. The quantitative estimate of drug-likeness (QED) is 0.252. The van der Waals surface area contributed by atoms with Crippen LogP contribution in [0.15, 0.2) is 36.4 Å². The van der Waals surface area contributed by atoms with Crippen LogP contribution in [0.5, 0.6) is 5.75 Å². The summed E-state index contributed by atoms with van der Waals surface area (Å²) in [6.45, 7) is 5.08. The fraction of sp³-hybridized carbons (Fsp3) is 0.594. The molecule has 3 atom stereocenters. The number of benzene rings is 2. The zero-order valence-electron chi connectivity index (χ0n) is 26.9. The number of nitrogens with zero attached hydrogens (tertiary/aromatic N) is 3. The standard InChI is InChI=1S/C32H40F7N3O4.2ClH/c1-44-19-22-10-23(20-45-2)17-41(16-22)7-6-40-8-9-42(27(18-40)11-21-4-5-28(33)29(12-21)46-3)30(43)24-13-25(31(34,35)36)15-26(14-24)32(37,38)39;;/h4-5,12-15,22-23,27H,6-11,16-20H2,1-3H3;2*1H/t22?,23?,27-;;/m1../s1. The number of halogens is 9. The molecule has 2 saturated heterocycles. The smallest absolute Gasteiger partial charge is 0.416 e. The zero-order chi connectivity index (χ0) is 33.6. The summed E-state index contributed by atoms with van der Waals surface area (Å²) >= 11 is 0. The molecule has 0 radical (unpaired) electrons. The van der Waals surface area contributed by atoms with E-state index in [1.165, 1.54) is 30.2 Å². The van der Waals surface area contributed by atoms with Gasteiger partial charge in [-0.2, -0.15) is 26.3 Å². The van der Waals surface area contributed by atoms with Crippen molar-refractivity contribution in [3.8, 4) is 5.75 Å². The first-order valence-corrected chi connectivity index (χ1v) is 15.1. The summed E-state index contributed by atoms with van der Waals surface area (Å²) in [5.74, 6) is -0.839. The summed E-state index contributed by atoms with van der Waals surface area (Å²) < 4.78 is 111. The van der Waals surface area contributed by atoms with E-state index in [4.69, 9.17) is 14.2 Å². The van der Waals surface area contributed by atoms with Crippen molar-refractivity contribution in [1.82, 2.24) is 14.7 Å². The third kappa shape index (κ3) is 11.1. The molecule has 2 aromatic carbocycles. The van der Waals surface area contributed by atoms with Gasteiger partial charge in [0.1, 0.15) is 0 Å². The Bertz CT molecular complexity index is 1290. The molecule has 4 rings (SSSR count). The minimum absolute atomic E-state index is 0. The molecule has 0 aliphatic carbocycles. The largest absolute Gasteiger partial charge is 0.494 e. The van der Waals surface area contributed by atoms with Crippen LogP contribution in [-0.2, 0) is 28.2 Å². The van der Waals surface area contributed by atoms with Crippen molar-refractivity contribution in [1.29, 1.82) is 0 Å². The average molecular weight is 737 g/mol. The highest BCUT2D eigenvalue weighted by Crippen LogP contribution is 2.37. The first kappa shape index (κ1) is 41.8. The van der Waals surface area contributed by atoms with Gasteiger partial charge in [-0.3, -0.25) is 9.69 Å². The monoisotopic (exact) mass is 735 g/mol. The van der Waals surface area contributed by atoms with E-state index < -0.39 is 46.8 Å². The molecular formula is C32H42Cl2F7N3O4. The number of carbonyl (C=O) groups is 1. The van der Waals surface area contributed by atoms with Crippen LogP contribution in [0.25, 0.3) is 0 Å². The van der Waals surface area contributed by atoms with Gasteiger partial charge in [-0.15, -0.1) is 24.8 Å². The van der Waals surface area contributed by atoms with Gasteiger partial charge in [0.15, 0.2) is 11.6 Å². The Kier molecular flexibility index (Phi) is 15.7. The van der Waals surface area contributed by atoms with Crippen molar-refractivity contribution < 1.29 is 49.7 Å². The van der Waals surface area contributed by atoms with Gasteiger partial charge in [0.05, 0.1) is 31.5 Å². The van der Waals surface area contributed by atoms with E-state index in [2.05, 4.69) is 9.80 Å². The Labute approximate surface area is 288 Å². The van der Waals surface area contributed by atoms with E-state index in [9.17, 15) is 35.5 Å². The number of alkyl halides is 6. The zero-order valence-corrected chi connectivity index (χ0v) is 28.5. The maximum absolute atomic E-state index is 14.1. The van der Waals surface area contributed by atoms with Crippen LogP contribution in [0.2, 0.25) is 0 Å². The van der Waals surface area contributed by atoms with Crippen LogP contribution in [0, 0.1) is 17.7 Å². The summed E-state index contributed by atoms with van der Waals surface area (Å²) in [6.07, 6.45) is -9.00. The number of carbonyl (C=O) groups excluding carboxylic acids is 1. The van der Waals surface area contributed by atoms with Crippen molar-refractivity contribution in [3.05, 3.63) is 64.5 Å². The molecule has 2 unspecified atom stereocenters. The van der Waals surface area contributed by atoms with Gasteiger partial charge in [0, 0.05) is 71.6 Å². The first-order valence-electron chi connectivity index (χ1n) is 15.1. The van der Waals surface area contributed by atoms with E-state index >= 15 is 0 Å². The Morgan fingerprint density at radius 3 is 1.88 bits per heavy atom. The van der Waals surface area contributed by atoms with Crippen molar-refractivity contribution in [2.45, 2.75) is 31.2 Å². The summed E-state index contributed by atoms with van der Waals surface area (Å²) in [6, 6.07) is 4.52. The van der Waals surface area contributed by atoms with Gasteiger partial charge in [0.25, 0.3) is 5.91 Å². The number of piperidine rings is 1. The van der Waals surface area contributed by atoms with Crippen molar-refractivity contribution in [2.24, 2.45) is 11.8 Å². The SMILES string of the molecule is COCC1CC(COC)CN(CCN2CCN(C(=O)c3cc(C(F)(F)F)cc(C(F)(F)F)c3)[C@H](Cc3ccc(F)c(OC)c3)C2)C1.Cl.Cl. The Morgan fingerprint density at radius 2 is 1.35 bits per heavy atom. The van der Waals surface area contributed by atoms with Crippen LogP contribution < -0.4 is 4.74 Å². The number of hydrogen-bond donors (Lipinski definition) is 0. The Balaban J connectivity index is 0.00000400. The highest BCUT2D eigenvalue weighted by atomic mass is 35.5. The van der Waals surface area contributed by atoms with Gasteiger partial charge in [-0.1, -0.05) is 6.07 Å². The molecule has 2 aromatic rings. The van der Waals surface area contributed by atoms with Crippen LogP contribution >= 0.6 is 24.8 Å². The van der Waals surface area contributed by atoms with Crippen molar-refractivity contribution in [3.63, 3.8) is 0 Å². The summed E-state index contributed by atoms with van der Waals surface area (Å²) in [4.78, 5) is 19.5. The lowest BCUT2D eigenvalue weighted by Gasteiger charge is -2.43. The molecule has 16 heteroatoms. The predicted octanol–water partition coefficient (Wildman–Crippen LogP) is 6.32. The third-order valence-corrected chi connectivity index (χ3v) is 8.59. The number of methoxy groups -OCH3 is 3. The maximum Gasteiger partial charge on any atom is 0.416 e. The number of rotatable bonds is 11. The Hall–Kier alpha value is -2.36. The van der Waals surface area contributed by atoms with Crippen LogP contribution in [0.4, 0.5) is 30.7 Å². The summed E-state index contributed by atoms with van der Waals surface area (Å²) in [5, 5.41) is 0. The predicted molar refractivity (Wildman–Crippen MR) is 171 cm³/mol. The number of likely N-dealkylation sites (tertiary alicyclic amines) is 1. The van der Waals surface area contributed by atoms with E-state index in [1.54, 1.807) is 14.2 Å². The molecule has 2 fully saturated rings. The van der Waals surface area contributed by atoms with Gasteiger partial charge in [-0.25, -0.2) is 4.39 Å². The first-order chi connectivity index (χ1) is 21.7. The lowest BCUT2D eigenvalue weighted by atomic mass is 9.90. The molecule has 0 saturated carbocycles.